The lowest BCUT2D eigenvalue weighted by molar-refractivity contribution is 0.473. The molecule has 2 aromatic carbocycles. The van der Waals surface area contributed by atoms with Crippen molar-refractivity contribution in [1.82, 2.24) is 0 Å². The fraction of sp³-hybridized carbons (Fsp3) is 0.133. The molecule has 0 saturated heterocycles. The van der Waals surface area contributed by atoms with Crippen LogP contribution in [0.3, 0.4) is 0 Å². The van der Waals surface area contributed by atoms with Crippen molar-refractivity contribution in [2.24, 2.45) is 4.99 Å². The van der Waals surface area contributed by atoms with Gasteiger partial charge in [-0.2, -0.15) is 0 Å². The van der Waals surface area contributed by atoms with Gasteiger partial charge in [-0.15, -0.1) is 0 Å². The molecule has 2 N–H and O–H groups in total. The van der Waals surface area contributed by atoms with Crippen molar-refractivity contribution >= 4 is 34.5 Å². The average Bonchev–Trinajstić information content (AvgIpc) is 2.40. The molecule has 0 amide bonds. The largest absolute Gasteiger partial charge is 0.507 e. The van der Waals surface area contributed by atoms with Crippen molar-refractivity contribution in [2.45, 2.75) is 13.3 Å². The summed E-state index contributed by atoms with van der Waals surface area (Å²) in [4.78, 5) is 4.31. The van der Waals surface area contributed by atoms with E-state index in [9.17, 15) is 10.2 Å². The first kappa shape index (κ1) is 13.9. The Hall–Kier alpha value is -1.56. The third-order valence-electron chi connectivity index (χ3n) is 2.80. The molecule has 0 heterocycles. The van der Waals surface area contributed by atoms with Gasteiger partial charge in [0.1, 0.15) is 17.2 Å². The summed E-state index contributed by atoms with van der Waals surface area (Å²) in [5.74, 6) is 0.332. The second-order valence-electron chi connectivity index (χ2n) is 4.10. The number of rotatable bonds is 3. The Balaban J connectivity index is 2.40. The third kappa shape index (κ3) is 3.26. The lowest BCUT2D eigenvalue weighted by atomic mass is 10.1. The number of phenolic OH excluding ortho intramolecular Hbond substituents is 2. The fourth-order valence-electron chi connectivity index (χ4n) is 1.77. The van der Waals surface area contributed by atoms with Crippen LogP contribution in [0.15, 0.2) is 41.4 Å². The zero-order chi connectivity index (χ0) is 13.8. The van der Waals surface area contributed by atoms with Gasteiger partial charge in [0.15, 0.2) is 0 Å². The molecule has 98 valence electrons. The van der Waals surface area contributed by atoms with E-state index < -0.39 is 0 Å². The summed E-state index contributed by atoms with van der Waals surface area (Å²) in [6.07, 6.45) is 2.37. The smallest absolute Gasteiger partial charge is 0.141 e. The lowest BCUT2D eigenvalue weighted by Gasteiger charge is -2.05. The molecule has 0 unspecified atom stereocenters. The third-order valence-corrected chi connectivity index (χ3v) is 3.47. The molecular formula is C15H14INO2. The van der Waals surface area contributed by atoms with Crippen molar-refractivity contribution in [1.29, 1.82) is 0 Å². The Morgan fingerprint density at radius 2 is 1.95 bits per heavy atom. The number of phenols is 2. The molecule has 2 rings (SSSR count). The molecule has 4 heteroatoms. The van der Waals surface area contributed by atoms with Crippen LogP contribution < -0.4 is 0 Å². The summed E-state index contributed by atoms with van der Waals surface area (Å²) in [5, 5.41) is 19.6. The highest BCUT2D eigenvalue weighted by molar-refractivity contribution is 14.1. The van der Waals surface area contributed by atoms with E-state index in [0.717, 1.165) is 15.6 Å². The van der Waals surface area contributed by atoms with Crippen LogP contribution in [-0.2, 0) is 6.42 Å². The van der Waals surface area contributed by atoms with Gasteiger partial charge in [-0.3, -0.25) is 4.99 Å². The number of aliphatic imine (C=N–C) groups is 1. The van der Waals surface area contributed by atoms with Gasteiger partial charge in [-0.25, -0.2) is 0 Å². The number of hydrogen-bond acceptors (Lipinski definition) is 3. The number of para-hydroxylation sites is 1. The van der Waals surface area contributed by atoms with Gasteiger partial charge in [0.2, 0.25) is 0 Å². The van der Waals surface area contributed by atoms with Crippen molar-refractivity contribution in [3.05, 3.63) is 51.1 Å². The summed E-state index contributed by atoms with van der Waals surface area (Å²) in [7, 11) is 0. The first-order valence-corrected chi connectivity index (χ1v) is 7.03. The van der Waals surface area contributed by atoms with E-state index in [0.29, 0.717) is 11.3 Å². The topological polar surface area (TPSA) is 52.8 Å². The predicted molar refractivity (Wildman–Crippen MR) is 85.6 cm³/mol. The Morgan fingerprint density at radius 1 is 1.16 bits per heavy atom. The highest BCUT2D eigenvalue weighted by Gasteiger charge is 2.05. The minimum absolute atomic E-state index is 0.153. The summed E-state index contributed by atoms with van der Waals surface area (Å²) in [6, 6.07) is 10.6. The maximum absolute atomic E-state index is 9.85. The summed E-state index contributed by atoms with van der Waals surface area (Å²) in [6.45, 7) is 2.01. The number of halogens is 1. The van der Waals surface area contributed by atoms with E-state index >= 15 is 0 Å². The molecule has 19 heavy (non-hydrogen) atoms. The van der Waals surface area contributed by atoms with Gasteiger partial charge in [0, 0.05) is 15.3 Å². The quantitative estimate of drug-likeness (QED) is 0.636. The van der Waals surface area contributed by atoms with Crippen LogP contribution in [0.2, 0.25) is 0 Å². The standard InChI is InChI=1S/C15H14INO2/c1-2-10-4-3-5-14(19)15(10)17-9-11-8-12(16)6-7-13(11)18/h3-9,18-19H,2H2,1H3/b17-9+. The van der Waals surface area contributed by atoms with Crippen molar-refractivity contribution in [3.63, 3.8) is 0 Å². The van der Waals surface area contributed by atoms with Gasteiger partial charge in [-0.05, 0) is 58.8 Å². The number of hydrogen-bond donors (Lipinski definition) is 2. The van der Waals surface area contributed by atoms with Crippen LogP contribution >= 0.6 is 22.6 Å². The Labute approximate surface area is 125 Å². The van der Waals surface area contributed by atoms with E-state index in [1.54, 1.807) is 24.4 Å². The molecule has 0 spiro atoms. The lowest BCUT2D eigenvalue weighted by Crippen LogP contribution is -1.86. The molecule has 0 saturated carbocycles. The van der Waals surface area contributed by atoms with Crippen LogP contribution in [0.4, 0.5) is 5.69 Å². The second kappa shape index (κ2) is 6.06. The van der Waals surface area contributed by atoms with E-state index in [4.69, 9.17) is 0 Å². The van der Waals surface area contributed by atoms with Crippen LogP contribution in [-0.4, -0.2) is 16.4 Å². The Bertz CT molecular complexity index is 624. The number of aromatic hydroxyl groups is 2. The van der Waals surface area contributed by atoms with Crippen LogP contribution in [0.1, 0.15) is 18.1 Å². The van der Waals surface area contributed by atoms with E-state index in [1.807, 2.05) is 25.1 Å². The zero-order valence-electron chi connectivity index (χ0n) is 10.5. The van der Waals surface area contributed by atoms with E-state index in [-0.39, 0.29) is 11.5 Å². The predicted octanol–water partition coefficient (Wildman–Crippen LogP) is 4.02. The summed E-state index contributed by atoms with van der Waals surface area (Å²) < 4.78 is 1.02. The van der Waals surface area contributed by atoms with E-state index in [2.05, 4.69) is 27.6 Å². The summed E-state index contributed by atoms with van der Waals surface area (Å²) in [5.41, 5.74) is 2.17. The molecule has 0 aliphatic heterocycles. The molecule has 0 aliphatic carbocycles. The van der Waals surface area contributed by atoms with Crippen LogP contribution in [0.25, 0.3) is 0 Å². The number of aryl methyl sites for hydroxylation is 1. The number of nitrogens with zero attached hydrogens (tertiary/aromatic N) is 1. The Kier molecular flexibility index (Phi) is 4.42. The van der Waals surface area contributed by atoms with Gasteiger partial charge < -0.3 is 10.2 Å². The molecule has 0 aromatic heterocycles. The molecule has 0 aliphatic rings. The van der Waals surface area contributed by atoms with Crippen molar-refractivity contribution < 1.29 is 10.2 Å². The zero-order valence-corrected chi connectivity index (χ0v) is 12.6. The van der Waals surface area contributed by atoms with Crippen LogP contribution in [0.5, 0.6) is 11.5 Å². The SMILES string of the molecule is CCc1cccc(O)c1/N=C/c1cc(I)ccc1O. The maximum atomic E-state index is 9.85. The molecule has 0 bridgehead atoms. The van der Waals surface area contributed by atoms with Gasteiger partial charge >= 0.3 is 0 Å². The summed E-state index contributed by atoms with van der Waals surface area (Å²) >= 11 is 2.18. The molecule has 0 atom stereocenters. The van der Waals surface area contributed by atoms with Crippen LogP contribution in [0, 0.1) is 3.57 Å². The molecular weight excluding hydrogens is 353 g/mol. The van der Waals surface area contributed by atoms with Crippen molar-refractivity contribution in [2.75, 3.05) is 0 Å². The highest BCUT2D eigenvalue weighted by atomic mass is 127. The first-order valence-electron chi connectivity index (χ1n) is 5.95. The normalized spacial score (nSPS) is 11.1. The monoisotopic (exact) mass is 367 g/mol. The molecule has 3 nitrogen and oxygen atoms in total. The Morgan fingerprint density at radius 3 is 2.68 bits per heavy atom. The maximum Gasteiger partial charge on any atom is 0.141 e. The van der Waals surface area contributed by atoms with Gasteiger partial charge in [-0.1, -0.05) is 19.1 Å². The number of benzene rings is 2. The van der Waals surface area contributed by atoms with E-state index in [1.165, 1.54) is 0 Å². The minimum atomic E-state index is 0.153. The molecule has 0 radical (unpaired) electrons. The minimum Gasteiger partial charge on any atom is -0.507 e. The van der Waals surface area contributed by atoms with Gasteiger partial charge in [0.25, 0.3) is 0 Å². The van der Waals surface area contributed by atoms with Crippen molar-refractivity contribution in [3.8, 4) is 11.5 Å². The molecule has 2 aromatic rings. The fourth-order valence-corrected chi connectivity index (χ4v) is 2.29. The van der Waals surface area contributed by atoms with Gasteiger partial charge in [0.05, 0.1) is 0 Å². The highest BCUT2D eigenvalue weighted by Crippen LogP contribution is 2.31. The first-order chi connectivity index (χ1) is 9.11. The second-order valence-corrected chi connectivity index (χ2v) is 5.35. The average molecular weight is 367 g/mol. The molecule has 0 fully saturated rings.